The highest BCUT2D eigenvalue weighted by Gasteiger charge is 2.35. The second-order valence-electron chi connectivity index (χ2n) is 5.06. The Balaban J connectivity index is 1.91. The molecule has 2 aliphatic rings. The van der Waals surface area contributed by atoms with Gasteiger partial charge in [0, 0.05) is 5.92 Å². The lowest BCUT2D eigenvalue weighted by molar-refractivity contribution is -0.0512. The van der Waals surface area contributed by atoms with Crippen molar-refractivity contribution < 1.29 is 4.74 Å². The Morgan fingerprint density at radius 2 is 2.00 bits per heavy atom. The molecule has 3 atom stereocenters. The van der Waals surface area contributed by atoms with E-state index in [1.807, 2.05) is 0 Å². The summed E-state index contributed by atoms with van der Waals surface area (Å²) in [5.41, 5.74) is 2.85. The maximum Gasteiger partial charge on any atom is 0.0890 e. The van der Waals surface area contributed by atoms with Crippen LogP contribution >= 0.6 is 0 Å². The molecule has 1 aliphatic carbocycles. The molecule has 3 rings (SSSR count). The molecule has 2 bridgehead atoms. The van der Waals surface area contributed by atoms with Crippen LogP contribution in [0.1, 0.15) is 31.4 Å². The zero-order chi connectivity index (χ0) is 11.0. The fourth-order valence-electron chi connectivity index (χ4n) is 2.97. The molecule has 1 aromatic carbocycles. The van der Waals surface area contributed by atoms with E-state index in [0.717, 1.165) is 12.5 Å². The molecule has 1 nitrogen and oxygen atoms in total. The second kappa shape index (κ2) is 4.06. The molecule has 0 N–H and O–H groups in total. The lowest BCUT2D eigenvalue weighted by Gasteiger charge is -2.40. The Morgan fingerprint density at radius 3 is 2.81 bits per heavy atom. The summed E-state index contributed by atoms with van der Waals surface area (Å²) >= 11 is 0. The van der Waals surface area contributed by atoms with E-state index in [9.17, 15) is 0 Å². The molecule has 0 aromatic heterocycles. The van der Waals surface area contributed by atoms with Gasteiger partial charge in [-0.15, -0.1) is 0 Å². The average Bonchev–Trinajstić information content (AvgIpc) is 2.36. The molecular weight excluding hydrogens is 196 g/mol. The van der Waals surface area contributed by atoms with Crippen LogP contribution in [0.4, 0.5) is 0 Å². The number of ether oxygens (including phenoxy) is 1. The number of hydrogen-bond acceptors (Lipinski definition) is 1. The molecule has 3 unspecified atom stereocenters. The lowest BCUT2D eigenvalue weighted by Crippen LogP contribution is -2.32. The van der Waals surface area contributed by atoms with Crippen LogP contribution in [0.3, 0.4) is 0 Å². The van der Waals surface area contributed by atoms with Crippen molar-refractivity contribution in [1.82, 2.24) is 0 Å². The van der Waals surface area contributed by atoms with Gasteiger partial charge in [0.25, 0.3) is 0 Å². The first-order chi connectivity index (χ1) is 7.84. The minimum absolute atomic E-state index is 0.286. The largest absolute Gasteiger partial charge is 0.373 e. The minimum Gasteiger partial charge on any atom is -0.373 e. The molecule has 1 heterocycles. The Kier molecular flexibility index (Phi) is 2.56. The topological polar surface area (TPSA) is 9.23 Å². The molecule has 1 aliphatic heterocycles. The van der Waals surface area contributed by atoms with Crippen LogP contribution in [0.2, 0.25) is 0 Å². The van der Waals surface area contributed by atoms with Gasteiger partial charge in [-0.2, -0.15) is 0 Å². The lowest BCUT2D eigenvalue weighted by atomic mass is 9.75. The van der Waals surface area contributed by atoms with Gasteiger partial charge in [-0.1, -0.05) is 42.0 Å². The second-order valence-corrected chi connectivity index (χ2v) is 5.06. The highest BCUT2D eigenvalue weighted by atomic mass is 16.5. The predicted octanol–water partition coefficient (Wildman–Crippen LogP) is 3.73. The average molecular weight is 214 g/mol. The van der Waals surface area contributed by atoms with Crippen LogP contribution in [-0.4, -0.2) is 6.61 Å². The minimum atomic E-state index is 0.286. The molecule has 0 radical (unpaired) electrons. The Hall–Kier alpha value is -1.08. The number of rotatable bonds is 1. The zero-order valence-corrected chi connectivity index (χ0v) is 9.73. The first-order valence-electron chi connectivity index (χ1n) is 6.18. The van der Waals surface area contributed by atoms with Crippen molar-refractivity contribution in [2.24, 2.45) is 11.8 Å². The fraction of sp³-hybridized carbons (Fsp3) is 0.467. The summed E-state index contributed by atoms with van der Waals surface area (Å²) < 4.78 is 6.06. The van der Waals surface area contributed by atoms with Gasteiger partial charge >= 0.3 is 0 Å². The SMILES string of the molecule is CC1=CCC2COC(c3ccccc3)C1C2. The molecule has 1 fully saturated rings. The van der Waals surface area contributed by atoms with Gasteiger partial charge in [-0.25, -0.2) is 0 Å². The van der Waals surface area contributed by atoms with Gasteiger partial charge < -0.3 is 4.74 Å². The van der Waals surface area contributed by atoms with Gasteiger partial charge in [0.1, 0.15) is 0 Å². The first-order valence-corrected chi connectivity index (χ1v) is 6.18. The molecule has 0 spiro atoms. The highest BCUT2D eigenvalue weighted by Crippen LogP contribution is 2.43. The number of allylic oxidation sites excluding steroid dienone is 1. The summed E-state index contributed by atoms with van der Waals surface area (Å²) in [5.74, 6) is 1.36. The van der Waals surface area contributed by atoms with Crippen molar-refractivity contribution in [3.63, 3.8) is 0 Å². The van der Waals surface area contributed by atoms with Crippen molar-refractivity contribution in [3.8, 4) is 0 Å². The van der Waals surface area contributed by atoms with E-state index in [0.29, 0.717) is 5.92 Å². The monoisotopic (exact) mass is 214 g/mol. The van der Waals surface area contributed by atoms with E-state index in [1.165, 1.54) is 24.0 Å². The molecule has 1 saturated heterocycles. The normalized spacial score (nSPS) is 33.3. The van der Waals surface area contributed by atoms with Crippen LogP contribution in [0, 0.1) is 11.8 Å². The smallest absolute Gasteiger partial charge is 0.0890 e. The van der Waals surface area contributed by atoms with Crippen LogP contribution in [0.5, 0.6) is 0 Å². The van der Waals surface area contributed by atoms with E-state index < -0.39 is 0 Å². The molecule has 84 valence electrons. The zero-order valence-electron chi connectivity index (χ0n) is 9.73. The standard InChI is InChI=1S/C15H18O/c1-11-7-8-12-9-14(11)15(16-10-12)13-5-3-2-4-6-13/h2-7,12,14-15H,8-10H2,1H3. The number of hydrogen-bond donors (Lipinski definition) is 0. The van der Waals surface area contributed by atoms with E-state index in [4.69, 9.17) is 4.74 Å². The molecule has 1 heteroatoms. The quantitative estimate of drug-likeness (QED) is 0.647. The van der Waals surface area contributed by atoms with Crippen LogP contribution < -0.4 is 0 Å². The van der Waals surface area contributed by atoms with Gasteiger partial charge in [0.2, 0.25) is 0 Å². The van der Waals surface area contributed by atoms with E-state index in [1.54, 1.807) is 0 Å². The summed E-state index contributed by atoms with van der Waals surface area (Å²) in [6.07, 6.45) is 5.22. The van der Waals surface area contributed by atoms with E-state index >= 15 is 0 Å². The fourth-order valence-corrected chi connectivity index (χ4v) is 2.97. The maximum atomic E-state index is 6.06. The Bertz CT molecular complexity index is 393. The summed E-state index contributed by atoms with van der Waals surface area (Å²) in [4.78, 5) is 0. The van der Waals surface area contributed by atoms with Gasteiger partial charge in [0.15, 0.2) is 0 Å². The third-order valence-corrected chi connectivity index (χ3v) is 3.95. The third-order valence-electron chi connectivity index (χ3n) is 3.95. The Morgan fingerprint density at radius 1 is 1.19 bits per heavy atom. The predicted molar refractivity (Wildman–Crippen MR) is 65.1 cm³/mol. The van der Waals surface area contributed by atoms with Crippen molar-refractivity contribution in [1.29, 1.82) is 0 Å². The summed E-state index contributed by atoms with van der Waals surface area (Å²) in [5, 5.41) is 0. The molecule has 1 aromatic rings. The van der Waals surface area contributed by atoms with Crippen LogP contribution in [0.25, 0.3) is 0 Å². The Labute approximate surface area is 97.1 Å². The van der Waals surface area contributed by atoms with Gasteiger partial charge in [-0.05, 0) is 31.2 Å². The van der Waals surface area contributed by atoms with Crippen molar-refractivity contribution in [2.45, 2.75) is 25.9 Å². The van der Waals surface area contributed by atoms with Crippen molar-refractivity contribution >= 4 is 0 Å². The molecular formula is C15H18O. The maximum absolute atomic E-state index is 6.06. The molecule has 16 heavy (non-hydrogen) atoms. The molecule has 0 amide bonds. The van der Waals surface area contributed by atoms with Gasteiger partial charge in [-0.3, -0.25) is 0 Å². The van der Waals surface area contributed by atoms with Gasteiger partial charge in [0.05, 0.1) is 12.7 Å². The number of benzene rings is 1. The van der Waals surface area contributed by atoms with Crippen molar-refractivity contribution in [2.75, 3.05) is 6.61 Å². The number of fused-ring (bicyclic) bond motifs is 2. The molecule has 0 saturated carbocycles. The summed E-state index contributed by atoms with van der Waals surface area (Å²) in [7, 11) is 0. The van der Waals surface area contributed by atoms with E-state index in [-0.39, 0.29) is 6.10 Å². The summed E-state index contributed by atoms with van der Waals surface area (Å²) in [6.45, 7) is 3.19. The highest BCUT2D eigenvalue weighted by molar-refractivity contribution is 5.23. The van der Waals surface area contributed by atoms with Crippen LogP contribution in [-0.2, 0) is 4.74 Å². The summed E-state index contributed by atoms with van der Waals surface area (Å²) in [6, 6.07) is 10.7. The van der Waals surface area contributed by atoms with E-state index in [2.05, 4.69) is 43.3 Å². The van der Waals surface area contributed by atoms with Crippen molar-refractivity contribution in [3.05, 3.63) is 47.5 Å². The first kappa shape index (κ1) is 10.1. The van der Waals surface area contributed by atoms with Crippen LogP contribution in [0.15, 0.2) is 42.0 Å². The third kappa shape index (κ3) is 1.69.